The topological polar surface area (TPSA) is 3.24 Å². The highest BCUT2D eigenvalue weighted by atomic mass is 15.1. The van der Waals surface area contributed by atoms with Crippen LogP contribution in [0.5, 0.6) is 0 Å². The third-order valence-electron chi connectivity index (χ3n) is 2.25. The maximum absolute atomic E-state index is 3.92. The molecule has 1 rings (SSSR count). The van der Waals surface area contributed by atoms with Crippen molar-refractivity contribution in [3.8, 4) is 0 Å². The molecule has 0 spiro atoms. The molecule has 0 bridgehead atoms. The van der Waals surface area contributed by atoms with Gasteiger partial charge in [-0.25, -0.2) is 0 Å². The molecule has 0 amide bonds. The first-order valence-corrected chi connectivity index (χ1v) is 3.84. The first-order chi connectivity index (χ1) is 4.34. The van der Waals surface area contributed by atoms with Gasteiger partial charge in [0.05, 0.1) is 0 Å². The van der Waals surface area contributed by atoms with Gasteiger partial charge in [-0.05, 0) is 32.9 Å². The summed E-state index contributed by atoms with van der Waals surface area (Å²) in [6.45, 7) is 5.20. The Bertz CT molecular complexity index is 80.6. The molecule has 1 heteroatoms. The second-order valence-corrected chi connectivity index (χ2v) is 2.92. The van der Waals surface area contributed by atoms with Gasteiger partial charge in [0.1, 0.15) is 0 Å². The van der Waals surface area contributed by atoms with E-state index in [1.54, 1.807) is 0 Å². The van der Waals surface area contributed by atoms with Crippen molar-refractivity contribution in [2.45, 2.75) is 31.7 Å². The van der Waals surface area contributed by atoms with E-state index < -0.39 is 0 Å². The number of rotatable bonds is 1. The zero-order valence-electron chi connectivity index (χ0n) is 6.27. The fourth-order valence-corrected chi connectivity index (χ4v) is 1.51. The van der Waals surface area contributed by atoms with E-state index in [0.29, 0.717) is 0 Å². The lowest BCUT2D eigenvalue weighted by Crippen LogP contribution is -2.35. The van der Waals surface area contributed by atoms with Gasteiger partial charge in [-0.15, -0.1) is 0 Å². The minimum Gasteiger partial charge on any atom is -0.303 e. The smallest absolute Gasteiger partial charge is 0.00922 e. The van der Waals surface area contributed by atoms with Crippen molar-refractivity contribution in [1.82, 2.24) is 4.90 Å². The van der Waals surface area contributed by atoms with E-state index in [4.69, 9.17) is 0 Å². The monoisotopic (exact) mass is 126 g/mol. The molecule has 1 unspecified atom stereocenters. The van der Waals surface area contributed by atoms with E-state index >= 15 is 0 Å². The highest BCUT2D eigenvalue weighted by Gasteiger charge is 2.15. The first kappa shape index (κ1) is 7.07. The molecule has 1 aliphatic rings. The molecule has 53 valence electrons. The molecule has 9 heavy (non-hydrogen) atoms. The molecule has 0 aromatic rings. The molecule has 1 nitrogen and oxygen atoms in total. The van der Waals surface area contributed by atoms with Gasteiger partial charge in [0.15, 0.2) is 0 Å². The highest BCUT2D eigenvalue weighted by molar-refractivity contribution is 4.74. The van der Waals surface area contributed by atoms with Crippen molar-refractivity contribution in [1.29, 1.82) is 0 Å². The van der Waals surface area contributed by atoms with Crippen LogP contribution in [0.25, 0.3) is 0 Å². The molecule has 1 aliphatic heterocycles. The molecule has 1 radical (unpaired) electrons. The van der Waals surface area contributed by atoms with E-state index in [0.717, 1.165) is 12.5 Å². The van der Waals surface area contributed by atoms with Gasteiger partial charge >= 0.3 is 0 Å². The number of hydrogen-bond donors (Lipinski definition) is 0. The van der Waals surface area contributed by atoms with E-state index in [-0.39, 0.29) is 0 Å². The van der Waals surface area contributed by atoms with E-state index in [2.05, 4.69) is 18.9 Å². The molecule has 0 N–H and O–H groups in total. The van der Waals surface area contributed by atoms with Crippen LogP contribution >= 0.6 is 0 Å². The van der Waals surface area contributed by atoms with Gasteiger partial charge in [-0.1, -0.05) is 13.3 Å². The van der Waals surface area contributed by atoms with Gasteiger partial charge in [0, 0.05) is 6.04 Å². The maximum atomic E-state index is 3.92. The normalized spacial score (nSPS) is 30.7. The standard InChI is InChI=1S/C8H16N/c1-3-8-6-4-5-7-9(8)2/h8H,1,3-7H2,2H3. The lowest BCUT2D eigenvalue weighted by Gasteiger charge is -2.31. The SMILES string of the molecule is [CH2]CC1CCCCN1C. The van der Waals surface area contributed by atoms with Crippen LogP contribution in [0.1, 0.15) is 25.7 Å². The lowest BCUT2D eigenvalue weighted by atomic mass is 10.0. The van der Waals surface area contributed by atoms with Crippen LogP contribution in [0.15, 0.2) is 0 Å². The van der Waals surface area contributed by atoms with Crippen LogP contribution in [0.4, 0.5) is 0 Å². The van der Waals surface area contributed by atoms with Crippen molar-refractivity contribution in [2.24, 2.45) is 0 Å². The van der Waals surface area contributed by atoms with Gasteiger partial charge in [0.2, 0.25) is 0 Å². The predicted molar refractivity (Wildman–Crippen MR) is 40.2 cm³/mol. The summed E-state index contributed by atoms with van der Waals surface area (Å²) >= 11 is 0. The maximum Gasteiger partial charge on any atom is 0.00922 e. The fraction of sp³-hybridized carbons (Fsp3) is 0.875. The van der Waals surface area contributed by atoms with Crippen molar-refractivity contribution < 1.29 is 0 Å². The average Bonchev–Trinajstić information content (AvgIpc) is 1.89. The summed E-state index contributed by atoms with van der Waals surface area (Å²) in [5.74, 6) is 0. The van der Waals surface area contributed by atoms with Gasteiger partial charge in [-0.2, -0.15) is 0 Å². The van der Waals surface area contributed by atoms with Gasteiger partial charge in [-0.3, -0.25) is 0 Å². The molecule has 1 atom stereocenters. The Morgan fingerprint density at radius 2 is 2.33 bits per heavy atom. The zero-order valence-corrected chi connectivity index (χ0v) is 6.27. The summed E-state index contributed by atoms with van der Waals surface area (Å²) < 4.78 is 0. The summed E-state index contributed by atoms with van der Waals surface area (Å²) in [6.07, 6.45) is 5.23. The molecule has 1 fully saturated rings. The van der Waals surface area contributed by atoms with E-state index in [1.807, 2.05) is 0 Å². The summed E-state index contributed by atoms with van der Waals surface area (Å²) in [4.78, 5) is 2.43. The first-order valence-electron chi connectivity index (χ1n) is 3.84. The molecule has 0 aliphatic carbocycles. The average molecular weight is 126 g/mol. The number of hydrogen-bond acceptors (Lipinski definition) is 1. The number of likely N-dealkylation sites (tertiary alicyclic amines) is 1. The Labute approximate surface area is 58.0 Å². The summed E-state index contributed by atoms with van der Waals surface area (Å²) in [5, 5.41) is 0. The minimum atomic E-state index is 0.777. The van der Waals surface area contributed by atoms with E-state index in [9.17, 15) is 0 Å². The minimum absolute atomic E-state index is 0.777. The van der Waals surface area contributed by atoms with Gasteiger partial charge in [0.25, 0.3) is 0 Å². The predicted octanol–water partition coefficient (Wildman–Crippen LogP) is 1.69. The Hall–Kier alpha value is -0.0400. The second kappa shape index (κ2) is 3.21. The largest absolute Gasteiger partial charge is 0.303 e. The third kappa shape index (κ3) is 1.68. The highest BCUT2D eigenvalue weighted by Crippen LogP contribution is 2.16. The summed E-state index contributed by atoms with van der Waals surface area (Å²) in [6, 6.07) is 0.777. The van der Waals surface area contributed by atoms with Crippen LogP contribution < -0.4 is 0 Å². The Morgan fingerprint density at radius 3 is 2.78 bits per heavy atom. The Balaban J connectivity index is 2.30. The Kier molecular flexibility index (Phi) is 2.52. The Morgan fingerprint density at radius 1 is 1.56 bits per heavy atom. The molecular formula is C8H16N. The number of piperidine rings is 1. The van der Waals surface area contributed by atoms with Crippen LogP contribution in [-0.2, 0) is 0 Å². The van der Waals surface area contributed by atoms with Crippen LogP contribution in [0.3, 0.4) is 0 Å². The zero-order chi connectivity index (χ0) is 6.69. The van der Waals surface area contributed by atoms with Crippen molar-refractivity contribution in [3.63, 3.8) is 0 Å². The van der Waals surface area contributed by atoms with Crippen LogP contribution in [-0.4, -0.2) is 24.5 Å². The van der Waals surface area contributed by atoms with Crippen molar-refractivity contribution >= 4 is 0 Å². The molecule has 0 aromatic heterocycles. The third-order valence-corrected chi connectivity index (χ3v) is 2.25. The molecule has 0 aromatic carbocycles. The van der Waals surface area contributed by atoms with Crippen LogP contribution in [0.2, 0.25) is 0 Å². The molecule has 1 heterocycles. The number of nitrogens with zero attached hydrogens (tertiary/aromatic N) is 1. The van der Waals surface area contributed by atoms with Crippen molar-refractivity contribution in [2.75, 3.05) is 13.6 Å². The summed E-state index contributed by atoms with van der Waals surface area (Å²) in [7, 11) is 2.20. The second-order valence-electron chi connectivity index (χ2n) is 2.92. The fourth-order valence-electron chi connectivity index (χ4n) is 1.51. The molecule has 0 saturated carbocycles. The summed E-state index contributed by atoms with van der Waals surface area (Å²) in [5.41, 5.74) is 0. The lowest BCUT2D eigenvalue weighted by molar-refractivity contribution is 0.186. The van der Waals surface area contributed by atoms with Crippen LogP contribution in [0, 0.1) is 6.92 Å². The molecular weight excluding hydrogens is 110 g/mol. The van der Waals surface area contributed by atoms with Crippen molar-refractivity contribution in [3.05, 3.63) is 6.92 Å². The quantitative estimate of drug-likeness (QED) is 0.517. The van der Waals surface area contributed by atoms with E-state index in [1.165, 1.54) is 25.8 Å². The van der Waals surface area contributed by atoms with Gasteiger partial charge < -0.3 is 4.90 Å². The molecule has 1 saturated heterocycles.